The molecule has 13 heteroatoms. The van der Waals surface area contributed by atoms with Crippen LogP contribution in [0.1, 0.15) is 25.3 Å². The second kappa shape index (κ2) is 9.21. The van der Waals surface area contributed by atoms with Gasteiger partial charge in [-0.05, 0) is 24.3 Å². The Labute approximate surface area is 236 Å². The molecule has 1 spiro atoms. The van der Waals surface area contributed by atoms with Crippen molar-refractivity contribution in [1.82, 2.24) is 15.0 Å². The van der Waals surface area contributed by atoms with Gasteiger partial charge in [0.15, 0.2) is 10.9 Å². The van der Waals surface area contributed by atoms with Gasteiger partial charge in [-0.15, -0.1) is 0 Å². The first-order valence-corrected chi connectivity index (χ1v) is 14.0. The minimum absolute atomic E-state index is 0.0328. The Morgan fingerprint density at radius 3 is 2.63 bits per heavy atom. The summed E-state index contributed by atoms with van der Waals surface area (Å²) in [5.41, 5.74) is 0.283. The van der Waals surface area contributed by atoms with E-state index in [9.17, 15) is 22.8 Å². The molecule has 9 nitrogen and oxygen atoms in total. The number of alkyl halides is 3. The number of amides is 2. The molecule has 2 aliphatic heterocycles. The number of anilines is 2. The normalized spacial score (nSPS) is 24.2. The highest BCUT2D eigenvalue weighted by Gasteiger charge is 2.81. The fraction of sp³-hybridized carbons (Fsp3) is 0.321. The van der Waals surface area contributed by atoms with Gasteiger partial charge in [-0.25, -0.2) is 15.0 Å². The van der Waals surface area contributed by atoms with Gasteiger partial charge in [-0.1, -0.05) is 23.5 Å². The Hall–Kier alpha value is -4.10. The Morgan fingerprint density at radius 2 is 1.93 bits per heavy atom. The van der Waals surface area contributed by atoms with Crippen LogP contribution in [0.3, 0.4) is 0 Å². The number of nitrogens with zero attached hydrogens (tertiary/aromatic N) is 4. The Morgan fingerprint density at radius 1 is 1.10 bits per heavy atom. The summed E-state index contributed by atoms with van der Waals surface area (Å²) < 4.78 is 48.6. The molecule has 3 unspecified atom stereocenters. The molecule has 1 aliphatic carbocycles. The van der Waals surface area contributed by atoms with Gasteiger partial charge in [-0.2, -0.15) is 13.2 Å². The number of nitrogens with one attached hydrogen (secondary N) is 2. The van der Waals surface area contributed by atoms with Crippen LogP contribution in [-0.4, -0.2) is 56.4 Å². The maximum absolute atomic E-state index is 13.6. The number of thiazole rings is 1. The lowest BCUT2D eigenvalue weighted by atomic mass is 10.0. The third-order valence-electron chi connectivity index (χ3n) is 8.18. The van der Waals surface area contributed by atoms with Crippen LogP contribution in [-0.2, 0) is 15.8 Å². The van der Waals surface area contributed by atoms with Crippen LogP contribution in [0.5, 0.6) is 11.6 Å². The third kappa shape index (κ3) is 4.68. The molecule has 2 N–H and O–H groups in total. The SMILES string of the molecule is CC(=O)Nc1nc2c(Oc3cc(-c4ccc(C(F)(F)F)cc4NC(=O)C4CC[N+]5(C4)C4CC45)ncn3)cccc2s1. The topological polar surface area (TPSA) is 106 Å². The Bertz CT molecular complexity index is 1720. The van der Waals surface area contributed by atoms with Crippen LogP contribution in [0, 0.1) is 5.92 Å². The minimum Gasteiger partial charge on any atom is -0.437 e. The molecule has 3 aliphatic rings. The molecule has 2 aromatic heterocycles. The molecular formula is C28H24F3N6O3S+. The van der Waals surface area contributed by atoms with Gasteiger partial charge >= 0.3 is 6.18 Å². The van der Waals surface area contributed by atoms with Crippen LogP contribution in [0.2, 0.25) is 0 Å². The number of benzene rings is 2. The Balaban J connectivity index is 1.18. The molecule has 4 aromatic rings. The molecule has 2 aromatic carbocycles. The molecule has 210 valence electrons. The summed E-state index contributed by atoms with van der Waals surface area (Å²) >= 11 is 1.29. The van der Waals surface area contributed by atoms with Gasteiger partial charge in [0, 0.05) is 25.0 Å². The highest BCUT2D eigenvalue weighted by molar-refractivity contribution is 7.22. The van der Waals surface area contributed by atoms with E-state index in [0.717, 1.165) is 40.8 Å². The lowest BCUT2D eigenvalue weighted by molar-refractivity contribution is -0.839. The van der Waals surface area contributed by atoms with Crippen molar-refractivity contribution in [2.75, 3.05) is 23.7 Å². The highest BCUT2D eigenvalue weighted by Crippen LogP contribution is 2.62. The van der Waals surface area contributed by atoms with E-state index in [4.69, 9.17) is 4.74 Å². The van der Waals surface area contributed by atoms with Crippen molar-refractivity contribution < 1.29 is 32.0 Å². The molecule has 0 bridgehead atoms. The summed E-state index contributed by atoms with van der Waals surface area (Å²) in [4.78, 5) is 37.5. The monoisotopic (exact) mass is 581 g/mol. The molecule has 41 heavy (non-hydrogen) atoms. The van der Waals surface area contributed by atoms with Gasteiger partial charge in [0.25, 0.3) is 0 Å². The number of quaternary nitrogens is 1. The summed E-state index contributed by atoms with van der Waals surface area (Å²) in [6.07, 6.45) is -1.39. The quantitative estimate of drug-likeness (QED) is 0.232. The standard InChI is InChI=1S/C28H23F3N6O3S/c1-14(38)34-27-36-25-22(3-2-4-23(25)41-27)40-24-10-18(32-13-33-24)17-6-5-16(28(29,30)31)9-19(17)35-26(39)15-7-8-37(12-15)20-11-21(20)37/h2-6,9-10,13,15,20-21H,7-8,11-12H2,1H3,(H-,32,33,34,35,36,38,39)/p+1. The number of hydrogen-bond donors (Lipinski definition) is 2. The first-order valence-electron chi connectivity index (χ1n) is 13.2. The van der Waals surface area contributed by atoms with Crippen LogP contribution in [0.25, 0.3) is 21.5 Å². The van der Waals surface area contributed by atoms with Gasteiger partial charge < -0.3 is 19.9 Å². The zero-order valence-corrected chi connectivity index (χ0v) is 22.6. The van der Waals surface area contributed by atoms with E-state index in [-0.39, 0.29) is 35.0 Å². The molecule has 3 atom stereocenters. The predicted octanol–water partition coefficient (Wildman–Crippen LogP) is 5.45. The number of rotatable bonds is 6. The van der Waals surface area contributed by atoms with Crippen molar-refractivity contribution in [3.8, 4) is 22.9 Å². The number of carbonyl (C=O) groups excluding carboxylic acids is 2. The predicted molar refractivity (Wildman–Crippen MR) is 145 cm³/mol. The molecule has 2 amide bonds. The van der Waals surface area contributed by atoms with E-state index in [0.29, 0.717) is 34.0 Å². The average molecular weight is 582 g/mol. The number of fused-ring (bicyclic) bond motifs is 4. The van der Waals surface area contributed by atoms with Gasteiger partial charge in [0.2, 0.25) is 17.7 Å². The number of halogens is 3. The van der Waals surface area contributed by atoms with Gasteiger partial charge in [0.1, 0.15) is 23.9 Å². The van der Waals surface area contributed by atoms with Crippen LogP contribution in [0.15, 0.2) is 48.8 Å². The van der Waals surface area contributed by atoms with Crippen molar-refractivity contribution in [3.05, 3.63) is 54.4 Å². The fourth-order valence-electron chi connectivity index (χ4n) is 5.99. The first-order chi connectivity index (χ1) is 19.6. The van der Waals surface area contributed by atoms with E-state index in [2.05, 4.69) is 25.6 Å². The first kappa shape index (κ1) is 25.8. The number of ether oxygens (including phenoxy) is 1. The second-order valence-electron chi connectivity index (χ2n) is 10.8. The zero-order valence-electron chi connectivity index (χ0n) is 21.7. The summed E-state index contributed by atoms with van der Waals surface area (Å²) in [6.45, 7) is 3.09. The molecule has 3 fully saturated rings. The van der Waals surface area contributed by atoms with E-state index < -0.39 is 11.7 Å². The average Bonchev–Trinajstić information content (AvgIpc) is 3.70. The van der Waals surface area contributed by atoms with E-state index in [1.807, 2.05) is 6.07 Å². The van der Waals surface area contributed by atoms with E-state index in [1.165, 1.54) is 43.1 Å². The van der Waals surface area contributed by atoms with Crippen molar-refractivity contribution >= 4 is 44.2 Å². The van der Waals surface area contributed by atoms with Crippen molar-refractivity contribution in [2.24, 2.45) is 5.92 Å². The molecule has 0 radical (unpaired) electrons. The van der Waals surface area contributed by atoms with Gasteiger partial charge in [-0.3, -0.25) is 9.59 Å². The van der Waals surface area contributed by atoms with Crippen LogP contribution < -0.4 is 15.4 Å². The number of aromatic nitrogens is 3. The summed E-state index contributed by atoms with van der Waals surface area (Å²) in [7, 11) is 0. The number of para-hydroxylation sites is 1. The highest BCUT2D eigenvalue weighted by atomic mass is 32.1. The summed E-state index contributed by atoms with van der Waals surface area (Å²) in [6, 6.07) is 11.4. The maximum atomic E-state index is 13.6. The van der Waals surface area contributed by atoms with Crippen LogP contribution in [0.4, 0.5) is 24.0 Å². The number of hydrogen-bond acceptors (Lipinski definition) is 7. The smallest absolute Gasteiger partial charge is 0.416 e. The lowest BCUT2D eigenvalue weighted by Gasteiger charge is -2.19. The second-order valence-corrected chi connectivity index (χ2v) is 11.8. The minimum atomic E-state index is -4.58. The van der Waals surface area contributed by atoms with Crippen molar-refractivity contribution in [3.63, 3.8) is 0 Å². The number of carbonyl (C=O) groups is 2. The van der Waals surface area contributed by atoms with Gasteiger partial charge in [0.05, 0.1) is 47.1 Å². The van der Waals surface area contributed by atoms with Crippen LogP contribution >= 0.6 is 11.3 Å². The fourth-order valence-corrected chi connectivity index (χ4v) is 6.92. The molecular weight excluding hydrogens is 557 g/mol. The maximum Gasteiger partial charge on any atom is 0.416 e. The molecule has 7 rings (SSSR count). The summed E-state index contributed by atoms with van der Waals surface area (Å²) in [5.74, 6) is -0.246. The van der Waals surface area contributed by atoms with E-state index >= 15 is 0 Å². The largest absolute Gasteiger partial charge is 0.437 e. The lowest BCUT2D eigenvalue weighted by Crippen LogP contribution is -2.35. The third-order valence-corrected chi connectivity index (χ3v) is 9.12. The molecule has 4 heterocycles. The summed E-state index contributed by atoms with van der Waals surface area (Å²) in [5, 5.41) is 5.85. The van der Waals surface area contributed by atoms with Crippen molar-refractivity contribution in [1.29, 1.82) is 0 Å². The zero-order chi connectivity index (χ0) is 28.5. The molecule has 1 saturated carbocycles. The van der Waals surface area contributed by atoms with Crippen molar-refractivity contribution in [2.45, 2.75) is 38.0 Å². The Kier molecular flexibility index (Phi) is 5.81. The molecule has 2 saturated heterocycles. The van der Waals surface area contributed by atoms with E-state index in [1.54, 1.807) is 12.1 Å².